The topological polar surface area (TPSA) is 80.1 Å². The Kier molecular flexibility index (Phi) is 4.92. The lowest BCUT2D eigenvalue weighted by atomic mass is 10.1. The van der Waals surface area contributed by atoms with E-state index in [2.05, 4.69) is 0 Å². The molecule has 0 saturated heterocycles. The number of ether oxygens (including phenoxy) is 3. The maximum atomic E-state index is 11.1. The molecule has 0 amide bonds. The molecule has 0 heterocycles. The van der Waals surface area contributed by atoms with E-state index in [-0.39, 0.29) is 23.8 Å². The first-order valence-electron chi connectivity index (χ1n) is 5.05. The molecule has 0 aliphatic heterocycles. The minimum Gasteiger partial charge on any atom is -0.493 e. The Bertz CT molecular complexity index is 450. The van der Waals surface area contributed by atoms with E-state index in [1.54, 1.807) is 0 Å². The molecule has 0 unspecified atom stereocenters. The summed E-state index contributed by atoms with van der Waals surface area (Å²) in [6.07, 6.45) is 0. The van der Waals surface area contributed by atoms with Gasteiger partial charge in [0.2, 0.25) is 11.5 Å². The van der Waals surface area contributed by atoms with Crippen LogP contribution in [-0.2, 0) is 11.0 Å². The monoisotopic (exact) mass is 273 g/mol. The minimum absolute atomic E-state index is 0.0376. The zero-order valence-corrected chi connectivity index (χ0v) is 12.7. The molecule has 7 nitrogen and oxygen atoms in total. The number of nitrogens with zero attached hydrogens (tertiary/aromatic N) is 1. The average molecular weight is 273 g/mol. The van der Waals surface area contributed by atoms with Crippen LogP contribution in [0.4, 0.5) is 5.69 Å². The summed E-state index contributed by atoms with van der Waals surface area (Å²) in [5, 5.41) is 11.1. The smallest absolute Gasteiger partial charge is 0.320 e. The van der Waals surface area contributed by atoms with Gasteiger partial charge in [-0.05, 0) is 6.07 Å². The van der Waals surface area contributed by atoms with Crippen molar-refractivity contribution in [3.05, 3.63) is 21.7 Å². The van der Waals surface area contributed by atoms with Crippen LogP contribution in [0.1, 0.15) is 5.56 Å². The normalized spacial score (nSPS) is 10.2. The lowest BCUT2D eigenvalue weighted by molar-refractivity contribution is -0.386. The zero-order valence-electron chi connectivity index (χ0n) is 10.7. The molecule has 0 aliphatic rings. The number of hydrogen-bond donors (Lipinski definition) is 0. The zero-order chi connectivity index (χ0) is 13.7. The summed E-state index contributed by atoms with van der Waals surface area (Å²) in [5.41, 5.74) is 0.232. The number of benzene rings is 1. The summed E-state index contributed by atoms with van der Waals surface area (Å²) in [7, 11) is 4.67. The number of hydrogen-bond acceptors (Lipinski definition) is 6. The molecule has 0 aliphatic carbocycles. The van der Waals surface area contributed by atoms with Crippen LogP contribution in [0.15, 0.2) is 6.07 Å². The van der Waals surface area contributed by atoms with Crippen molar-refractivity contribution < 1.29 is 23.6 Å². The Morgan fingerprint density at radius 3 is 2.22 bits per heavy atom. The van der Waals surface area contributed by atoms with Gasteiger partial charge in [-0.3, -0.25) is 10.1 Å². The molecule has 0 fully saturated rings. The number of rotatable bonds is 6. The molecule has 18 heavy (non-hydrogen) atoms. The third-order valence-electron chi connectivity index (χ3n) is 2.37. The summed E-state index contributed by atoms with van der Waals surface area (Å²) in [4.78, 5) is 10.6. The van der Waals surface area contributed by atoms with E-state index in [4.69, 9.17) is 18.6 Å². The highest BCUT2D eigenvalue weighted by molar-refractivity contribution is 5.97. The van der Waals surface area contributed by atoms with Gasteiger partial charge >= 0.3 is 5.69 Å². The fraction of sp³-hybridized carbons (Fsp3) is 0.400. The van der Waals surface area contributed by atoms with Gasteiger partial charge in [0.15, 0.2) is 5.75 Å². The van der Waals surface area contributed by atoms with E-state index in [0.717, 1.165) is 0 Å². The summed E-state index contributed by atoms with van der Waals surface area (Å²) in [6.45, 7) is 0.138. The van der Waals surface area contributed by atoms with Crippen molar-refractivity contribution in [2.24, 2.45) is 0 Å². The summed E-state index contributed by atoms with van der Waals surface area (Å²) in [6, 6.07) is 1.53. The third kappa shape index (κ3) is 2.54. The van der Waals surface area contributed by atoms with E-state index >= 15 is 0 Å². The Morgan fingerprint density at radius 1 is 1.22 bits per heavy atom. The minimum atomic E-state index is -0.517. The highest BCUT2D eigenvalue weighted by atomic mass is 28.2. The molecule has 0 aromatic heterocycles. The van der Waals surface area contributed by atoms with Crippen molar-refractivity contribution >= 4 is 16.2 Å². The molecule has 0 spiro atoms. The molecular weight excluding hydrogens is 258 g/mol. The predicted octanol–water partition coefficient (Wildman–Crippen LogP) is 0.418. The van der Waals surface area contributed by atoms with E-state index in [9.17, 15) is 10.1 Å². The van der Waals surface area contributed by atoms with Gasteiger partial charge < -0.3 is 18.6 Å². The highest BCUT2D eigenvalue weighted by Gasteiger charge is 2.28. The van der Waals surface area contributed by atoms with Crippen LogP contribution in [0, 0.1) is 10.1 Å². The maximum absolute atomic E-state index is 11.1. The fourth-order valence-electron chi connectivity index (χ4n) is 1.66. The molecule has 0 bridgehead atoms. The first-order chi connectivity index (χ1) is 8.60. The van der Waals surface area contributed by atoms with Crippen LogP contribution < -0.4 is 14.2 Å². The van der Waals surface area contributed by atoms with Crippen molar-refractivity contribution in [1.29, 1.82) is 0 Å². The third-order valence-corrected chi connectivity index (χ3v) is 2.65. The van der Waals surface area contributed by atoms with Gasteiger partial charge in [0.25, 0.3) is 0 Å². The predicted molar refractivity (Wildman–Crippen MR) is 67.5 cm³/mol. The molecule has 0 saturated carbocycles. The maximum Gasteiger partial charge on any atom is 0.320 e. The van der Waals surface area contributed by atoms with Crippen molar-refractivity contribution in [3.8, 4) is 17.2 Å². The lowest BCUT2D eigenvalue weighted by Crippen LogP contribution is -2.04. The van der Waals surface area contributed by atoms with E-state index in [0.29, 0.717) is 21.8 Å². The van der Waals surface area contributed by atoms with E-state index in [1.165, 1.54) is 27.4 Å². The molecule has 1 aromatic carbocycles. The molecule has 0 N–H and O–H groups in total. The van der Waals surface area contributed by atoms with Gasteiger partial charge in [0, 0.05) is 0 Å². The SMILES string of the molecule is COc1cc(CO[SiH3])c([N+](=O)[O-])c(OC)c1OC. The Labute approximate surface area is 107 Å². The van der Waals surface area contributed by atoms with Gasteiger partial charge in [0.05, 0.1) is 38.4 Å². The summed E-state index contributed by atoms with van der Waals surface area (Å²) in [5.74, 6) is 0.605. The quantitative estimate of drug-likeness (QED) is 0.424. The van der Waals surface area contributed by atoms with E-state index < -0.39 is 4.92 Å². The number of nitro benzene ring substituents is 1. The van der Waals surface area contributed by atoms with Gasteiger partial charge in [-0.25, -0.2) is 0 Å². The van der Waals surface area contributed by atoms with Gasteiger partial charge in [-0.15, -0.1) is 0 Å². The van der Waals surface area contributed by atoms with Gasteiger partial charge in [-0.2, -0.15) is 0 Å². The van der Waals surface area contributed by atoms with Gasteiger partial charge in [-0.1, -0.05) is 0 Å². The standard InChI is InChI=1S/C10H15NO6Si/c1-14-7-4-6(5-17-18)8(11(12)13)10(16-3)9(7)15-2/h4H,5H2,1-3,18H3. The summed E-state index contributed by atoms with van der Waals surface area (Å²) >= 11 is 0. The largest absolute Gasteiger partial charge is 0.493 e. The average Bonchev–Trinajstić information content (AvgIpc) is 2.36. The van der Waals surface area contributed by atoms with Gasteiger partial charge in [0.1, 0.15) is 10.5 Å². The second kappa shape index (κ2) is 6.22. The molecule has 8 heteroatoms. The molecule has 0 radical (unpaired) electrons. The second-order valence-electron chi connectivity index (χ2n) is 3.34. The Balaban J connectivity index is 3.57. The number of methoxy groups -OCH3 is 3. The van der Waals surface area contributed by atoms with Crippen molar-refractivity contribution in [2.45, 2.75) is 6.61 Å². The summed E-state index contributed by atoms with van der Waals surface area (Å²) < 4.78 is 20.4. The fourth-order valence-corrected chi connectivity index (χ4v) is 1.97. The lowest BCUT2D eigenvalue weighted by Gasteiger charge is -2.14. The van der Waals surface area contributed by atoms with Crippen LogP contribution in [0.3, 0.4) is 0 Å². The van der Waals surface area contributed by atoms with Crippen LogP contribution in [0.2, 0.25) is 0 Å². The van der Waals surface area contributed by atoms with Crippen molar-refractivity contribution in [1.82, 2.24) is 0 Å². The molecule has 100 valence electrons. The molecule has 0 atom stereocenters. The first-order valence-corrected chi connectivity index (χ1v) is 5.87. The molecule has 1 rings (SSSR count). The van der Waals surface area contributed by atoms with Crippen LogP contribution in [0.25, 0.3) is 0 Å². The molecular formula is C10H15NO6Si. The highest BCUT2D eigenvalue weighted by Crippen LogP contribution is 2.46. The Hall–Kier alpha value is -1.80. The van der Waals surface area contributed by atoms with Crippen molar-refractivity contribution in [2.75, 3.05) is 21.3 Å². The van der Waals surface area contributed by atoms with Crippen LogP contribution >= 0.6 is 0 Å². The number of nitro groups is 1. The van der Waals surface area contributed by atoms with E-state index in [1.807, 2.05) is 0 Å². The Morgan fingerprint density at radius 2 is 1.83 bits per heavy atom. The van der Waals surface area contributed by atoms with Crippen molar-refractivity contribution in [3.63, 3.8) is 0 Å². The molecule has 1 aromatic rings. The van der Waals surface area contributed by atoms with Crippen LogP contribution in [0.5, 0.6) is 17.2 Å². The van der Waals surface area contributed by atoms with Crippen LogP contribution in [-0.4, -0.2) is 36.7 Å². The first kappa shape index (κ1) is 14.3. The second-order valence-corrected chi connectivity index (χ2v) is 3.92.